The van der Waals surface area contributed by atoms with Crippen LogP contribution in [0.2, 0.25) is 0 Å². The summed E-state index contributed by atoms with van der Waals surface area (Å²) >= 11 is 0. The van der Waals surface area contributed by atoms with E-state index in [2.05, 4.69) is 20.7 Å². The van der Waals surface area contributed by atoms with Crippen LogP contribution in [0.15, 0.2) is 59.7 Å². The summed E-state index contributed by atoms with van der Waals surface area (Å²) in [6.07, 6.45) is 0.675. The predicted molar refractivity (Wildman–Crippen MR) is 112 cm³/mol. The second-order valence-electron chi connectivity index (χ2n) is 6.21. The van der Waals surface area contributed by atoms with E-state index in [1.807, 2.05) is 62.4 Å². The van der Waals surface area contributed by atoms with Gasteiger partial charge in [0.25, 0.3) is 5.91 Å². The number of carbonyl (C=O) groups excluding carboxylic acids is 1. The molecule has 3 rings (SSSR count). The van der Waals surface area contributed by atoms with Crippen molar-refractivity contribution in [1.82, 2.24) is 15.6 Å². The van der Waals surface area contributed by atoms with Crippen LogP contribution in [-0.2, 0) is 0 Å². The van der Waals surface area contributed by atoms with Gasteiger partial charge in [0.1, 0.15) is 17.2 Å². The highest BCUT2D eigenvalue weighted by molar-refractivity contribution is 6.02. The van der Waals surface area contributed by atoms with E-state index in [4.69, 9.17) is 9.47 Å². The minimum absolute atomic E-state index is 0.335. The second-order valence-corrected chi connectivity index (χ2v) is 6.21. The number of aromatic nitrogens is 2. The van der Waals surface area contributed by atoms with Crippen LogP contribution in [0.3, 0.4) is 0 Å². The first-order valence-corrected chi connectivity index (χ1v) is 9.44. The van der Waals surface area contributed by atoms with Gasteiger partial charge in [-0.1, -0.05) is 6.92 Å². The Kier molecular flexibility index (Phi) is 6.63. The van der Waals surface area contributed by atoms with Gasteiger partial charge in [-0.3, -0.25) is 9.89 Å². The molecule has 0 spiro atoms. The van der Waals surface area contributed by atoms with Gasteiger partial charge < -0.3 is 9.47 Å². The van der Waals surface area contributed by atoms with Crippen molar-refractivity contribution in [2.75, 3.05) is 13.7 Å². The summed E-state index contributed by atoms with van der Waals surface area (Å²) in [5.41, 5.74) is 6.19. The highest BCUT2D eigenvalue weighted by atomic mass is 16.5. The highest BCUT2D eigenvalue weighted by Gasteiger charge is 2.11. The zero-order chi connectivity index (χ0) is 20.6. The van der Waals surface area contributed by atoms with Crippen LogP contribution in [0, 0.1) is 0 Å². The number of H-pyrrole nitrogens is 1. The Morgan fingerprint density at radius 3 is 2.38 bits per heavy atom. The number of hydrogen-bond acceptors (Lipinski definition) is 5. The van der Waals surface area contributed by atoms with Crippen LogP contribution in [0.4, 0.5) is 0 Å². The largest absolute Gasteiger partial charge is 0.497 e. The third-order valence-corrected chi connectivity index (χ3v) is 4.33. The molecule has 7 heteroatoms. The maximum absolute atomic E-state index is 12.5. The lowest BCUT2D eigenvalue weighted by atomic mass is 10.1. The summed E-state index contributed by atoms with van der Waals surface area (Å²) in [4.78, 5) is 12.5. The van der Waals surface area contributed by atoms with E-state index in [0.29, 0.717) is 24.4 Å². The number of methoxy groups -OCH3 is 1. The van der Waals surface area contributed by atoms with Gasteiger partial charge >= 0.3 is 0 Å². The molecule has 1 aromatic heterocycles. The molecule has 0 radical (unpaired) electrons. The third-order valence-electron chi connectivity index (χ3n) is 4.33. The van der Waals surface area contributed by atoms with E-state index in [1.54, 1.807) is 13.2 Å². The fourth-order valence-corrected chi connectivity index (χ4v) is 2.78. The Morgan fingerprint density at radius 2 is 1.76 bits per heavy atom. The number of nitrogens with zero attached hydrogens (tertiary/aromatic N) is 2. The number of benzene rings is 2. The zero-order valence-corrected chi connectivity index (χ0v) is 16.7. The Morgan fingerprint density at radius 1 is 1.07 bits per heavy atom. The van der Waals surface area contributed by atoms with Crippen molar-refractivity contribution in [3.63, 3.8) is 0 Å². The maximum Gasteiger partial charge on any atom is 0.289 e. The van der Waals surface area contributed by atoms with Gasteiger partial charge in [-0.25, -0.2) is 5.43 Å². The molecule has 0 atom stereocenters. The first-order valence-electron chi connectivity index (χ1n) is 9.44. The summed E-state index contributed by atoms with van der Waals surface area (Å²) in [6.45, 7) is 4.55. The first kappa shape index (κ1) is 20.1. The van der Waals surface area contributed by atoms with Gasteiger partial charge in [0.15, 0.2) is 0 Å². The van der Waals surface area contributed by atoms with Gasteiger partial charge in [-0.15, -0.1) is 0 Å². The van der Waals surface area contributed by atoms with Gasteiger partial charge in [0.2, 0.25) is 0 Å². The van der Waals surface area contributed by atoms with Crippen molar-refractivity contribution in [2.45, 2.75) is 20.3 Å². The van der Waals surface area contributed by atoms with E-state index >= 15 is 0 Å². The van der Waals surface area contributed by atoms with E-state index < -0.39 is 0 Å². The van der Waals surface area contributed by atoms with Crippen LogP contribution in [0.25, 0.3) is 11.3 Å². The first-order chi connectivity index (χ1) is 14.1. The lowest BCUT2D eigenvalue weighted by molar-refractivity contribution is 0.0950. The number of amides is 1. The van der Waals surface area contributed by atoms with Crippen molar-refractivity contribution >= 4 is 11.6 Å². The number of nitrogens with one attached hydrogen (secondary N) is 2. The minimum Gasteiger partial charge on any atom is -0.497 e. The van der Waals surface area contributed by atoms with E-state index in [0.717, 1.165) is 28.3 Å². The lowest BCUT2D eigenvalue weighted by Crippen LogP contribution is -2.20. The average molecular weight is 392 g/mol. The molecule has 0 fully saturated rings. The number of hydrogen-bond donors (Lipinski definition) is 2. The summed E-state index contributed by atoms with van der Waals surface area (Å²) in [5, 5.41) is 11.2. The Balaban J connectivity index is 1.69. The molecule has 0 aliphatic carbocycles. The van der Waals surface area contributed by atoms with E-state index in [9.17, 15) is 4.79 Å². The Bertz CT molecular complexity index is 976. The summed E-state index contributed by atoms with van der Waals surface area (Å²) in [6, 6.07) is 16.8. The molecule has 150 valence electrons. The van der Waals surface area contributed by atoms with Crippen molar-refractivity contribution in [3.8, 4) is 22.8 Å². The second kappa shape index (κ2) is 9.54. The molecule has 7 nitrogen and oxygen atoms in total. The number of rotatable bonds is 8. The SMILES string of the molecule is CCOc1ccc(/C(CC)=N/NC(=O)c2cc(-c3ccc(OC)cc3)n[nH]2)cc1. The van der Waals surface area contributed by atoms with Crippen LogP contribution in [0.1, 0.15) is 36.3 Å². The third kappa shape index (κ3) is 5.01. The van der Waals surface area contributed by atoms with Gasteiger partial charge in [0, 0.05) is 5.56 Å². The molecule has 0 saturated heterocycles. The topological polar surface area (TPSA) is 88.6 Å². The Labute approximate surface area is 169 Å². The van der Waals surface area contributed by atoms with Gasteiger partial charge in [-0.2, -0.15) is 10.2 Å². The van der Waals surface area contributed by atoms with Crippen molar-refractivity contribution in [1.29, 1.82) is 0 Å². The lowest BCUT2D eigenvalue weighted by Gasteiger charge is -2.07. The number of ether oxygens (including phenoxy) is 2. The molecule has 0 bridgehead atoms. The molecule has 1 heterocycles. The fraction of sp³-hybridized carbons (Fsp3) is 0.227. The van der Waals surface area contributed by atoms with Crippen LogP contribution in [0.5, 0.6) is 11.5 Å². The van der Waals surface area contributed by atoms with Crippen molar-refractivity contribution in [2.24, 2.45) is 5.10 Å². The fourth-order valence-electron chi connectivity index (χ4n) is 2.78. The highest BCUT2D eigenvalue weighted by Crippen LogP contribution is 2.21. The molecule has 0 unspecified atom stereocenters. The zero-order valence-electron chi connectivity index (χ0n) is 16.7. The molecule has 0 aliphatic heterocycles. The number of carbonyl (C=O) groups is 1. The molecule has 1 amide bonds. The molecular formula is C22H24N4O3. The van der Waals surface area contributed by atoms with Crippen LogP contribution >= 0.6 is 0 Å². The summed E-state index contributed by atoms with van der Waals surface area (Å²) in [7, 11) is 1.62. The molecular weight excluding hydrogens is 368 g/mol. The smallest absolute Gasteiger partial charge is 0.289 e. The quantitative estimate of drug-likeness (QED) is 0.447. The molecule has 3 aromatic rings. The van der Waals surface area contributed by atoms with E-state index in [1.165, 1.54) is 0 Å². The molecule has 0 aliphatic rings. The van der Waals surface area contributed by atoms with Gasteiger partial charge in [0.05, 0.1) is 25.1 Å². The van der Waals surface area contributed by atoms with Gasteiger partial charge in [-0.05, 0) is 73.5 Å². The summed E-state index contributed by atoms with van der Waals surface area (Å²) < 4.78 is 10.6. The van der Waals surface area contributed by atoms with Crippen LogP contribution < -0.4 is 14.9 Å². The Hall–Kier alpha value is -3.61. The standard InChI is InChI=1S/C22H24N4O3/c1-4-19(15-8-12-18(13-9-15)29-5-2)23-26-22(27)21-14-20(24-25-21)16-6-10-17(28-3)11-7-16/h6-14H,4-5H2,1-3H3,(H,24,25)(H,26,27)/b23-19+. The number of aromatic amines is 1. The maximum atomic E-state index is 12.5. The van der Waals surface area contributed by atoms with Crippen molar-refractivity contribution in [3.05, 3.63) is 65.9 Å². The summed E-state index contributed by atoms with van der Waals surface area (Å²) in [5.74, 6) is 1.21. The number of hydrazone groups is 1. The average Bonchev–Trinajstić information content (AvgIpc) is 3.26. The molecule has 2 aromatic carbocycles. The van der Waals surface area contributed by atoms with E-state index in [-0.39, 0.29) is 5.91 Å². The predicted octanol–water partition coefficient (Wildman–Crippen LogP) is 4.03. The molecule has 29 heavy (non-hydrogen) atoms. The van der Waals surface area contributed by atoms with Crippen molar-refractivity contribution < 1.29 is 14.3 Å². The van der Waals surface area contributed by atoms with Crippen LogP contribution in [-0.4, -0.2) is 35.5 Å². The molecule has 0 saturated carbocycles. The minimum atomic E-state index is -0.353. The normalized spacial score (nSPS) is 11.2. The monoisotopic (exact) mass is 392 g/mol. The molecule has 2 N–H and O–H groups in total.